The highest BCUT2D eigenvalue weighted by molar-refractivity contribution is 5.56. The minimum atomic E-state index is 0.245. The molecule has 0 aliphatic heterocycles. The van der Waals surface area contributed by atoms with E-state index in [4.69, 9.17) is 0 Å². The fraction of sp³-hybridized carbons (Fsp3) is 0.850. The van der Waals surface area contributed by atoms with Crippen LogP contribution in [0, 0.1) is 28.1 Å². The smallest absolute Gasteiger partial charge is 0.123 e. The van der Waals surface area contributed by atoms with Crippen LogP contribution in [0.15, 0.2) is 11.6 Å². The van der Waals surface area contributed by atoms with Gasteiger partial charge in [-0.3, -0.25) is 0 Å². The van der Waals surface area contributed by atoms with Gasteiger partial charge in [-0.05, 0) is 74.0 Å². The second-order valence-corrected chi connectivity index (χ2v) is 9.04. The average molecular weight is 288 g/mol. The molecule has 0 heterocycles. The summed E-state index contributed by atoms with van der Waals surface area (Å²) >= 11 is 0. The predicted octanol–water partition coefficient (Wildman–Crippen LogP) is 5.54. The van der Waals surface area contributed by atoms with Crippen LogP contribution in [0.5, 0.6) is 0 Å². The average Bonchev–Trinajstić information content (AvgIpc) is 2.43. The van der Waals surface area contributed by atoms with E-state index in [0.717, 1.165) is 18.8 Å². The standard InChI is InChI=1S/C20H32O/c1-15-8-12-20(13-9-15)16(14-21)6-7-17-18(2,3)10-5-11-19(17,20)4/h8,14,16-17H,5-7,9-13H2,1-4H3/t16-,17-,19-,20-/m0/s1. The zero-order valence-electron chi connectivity index (χ0n) is 14.4. The van der Waals surface area contributed by atoms with Crippen molar-refractivity contribution in [2.24, 2.45) is 28.1 Å². The number of rotatable bonds is 1. The Kier molecular flexibility index (Phi) is 3.62. The Morgan fingerprint density at radius 2 is 1.90 bits per heavy atom. The Balaban J connectivity index is 2.06. The molecule has 118 valence electrons. The second kappa shape index (κ2) is 4.96. The van der Waals surface area contributed by atoms with Crippen molar-refractivity contribution in [3.63, 3.8) is 0 Å². The summed E-state index contributed by atoms with van der Waals surface area (Å²) in [7, 11) is 0. The molecule has 0 N–H and O–H groups in total. The fourth-order valence-electron chi connectivity index (χ4n) is 6.51. The summed E-state index contributed by atoms with van der Waals surface area (Å²) < 4.78 is 0. The largest absolute Gasteiger partial charge is 0.303 e. The molecule has 4 atom stereocenters. The first-order valence-corrected chi connectivity index (χ1v) is 8.97. The first kappa shape index (κ1) is 15.3. The van der Waals surface area contributed by atoms with Crippen LogP contribution in [0.4, 0.5) is 0 Å². The molecule has 0 radical (unpaired) electrons. The minimum Gasteiger partial charge on any atom is -0.303 e. The lowest BCUT2D eigenvalue weighted by atomic mass is 9.39. The lowest BCUT2D eigenvalue weighted by Crippen LogP contribution is -2.59. The molecule has 0 aromatic rings. The van der Waals surface area contributed by atoms with Crippen molar-refractivity contribution in [2.75, 3.05) is 0 Å². The molecule has 0 aromatic carbocycles. The monoisotopic (exact) mass is 288 g/mol. The van der Waals surface area contributed by atoms with Crippen molar-refractivity contribution in [3.05, 3.63) is 11.6 Å². The fourth-order valence-corrected chi connectivity index (χ4v) is 6.51. The van der Waals surface area contributed by atoms with Crippen LogP contribution in [0.3, 0.4) is 0 Å². The Bertz CT molecular complexity index is 460. The number of aldehydes is 1. The summed E-state index contributed by atoms with van der Waals surface area (Å²) in [5.74, 6) is 1.08. The third-order valence-electron chi connectivity index (χ3n) is 7.79. The normalized spacial score (nSPS) is 45.8. The Morgan fingerprint density at radius 1 is 1.14 bits per heavy atom. The Morgan fingerprint density at radius 3 is 2.52 bits per heavy atom. The number of carbonyl (C=O) groups is 1. The molecule has 2 fully saturated rings. The highest BCUT2D eigenvalue weighted by Crippen LogP contribution is 2.69. The summed E-state index contributed by atoms with van der Waals surface area (Å²) in [6.45, 7) is 9.76. The van der Waals surface area contributed by atoms with Crippen LogP contribution >= 0.6 is 0 Å². The number of fused-ring (bicyclic) bond motifs is 2. The van der Waals surface area contributed by atoms with Crippen molar-refractivity contribution in [1.29, 1.82) is 0 Å². The molecule has 1 nitrogen and oxygen atoms in total. The lowest BCUT2D eigenvalue weighted by Gasteiger charge is -2.65. The van der Waals surface area contributed by atoms with Crippen LogP contribution in [0.2, 0.25) is 0 Å². The van der Waals surface area contributed by atoms with Crippen molar-refractivity contribution in [3.8, 4) is 0 Å². The molecular formula is C20H32O. The van der Waals surface area contributed by atoms with Gasteiger partial charge in [0.2, 0.25) is 0 Å². The van der Waals surface area contributed by atoms with Gasteiger partial charge in [0.15, 0.2) is 0 Å². The molecule has 2 saturated carbocycles. The van der Waals surface area contributed by atoms with E-state index in [9.17, 15) is 4.79 Å². The highest BCUT2D eigenvalue weighted by atomic mass is 16.1. The molecule has 0 amide bonds. The zero-order chi connectivity index (χ0) is 15.3. The summed E-state index contributed by atoms with van der Waals surface area (Å²) in [6, 6.07) is 0. The van der Waals surface area contributed by atoms with Crippen molar-refractivity contribution in [1.82, 2.24) is 0 Å². The summed E-state index contributed by atoms with van der Waals surface area (Å²) in [5, 5.41) is 0. The maximum absolute atomic E-state index is 11.9. The predicted molar refractivity (Wildman–Crippen MR) is 88.1 cm³/mol. The van der Waals surface area contributed by atoms with E-state index < -0.39 is 0 Å². The van der Waals surface area contributed by atoms with Gasteiger partial charge < -0.3 is 4.79 Å². The van der Waals surface area contributed by atoms with Gasteiger partial charge in [0, 0.05) is 5.92 Å². The first-order valence-electron chi connectivity index (χ1n) is 8.97. The van der Waals surface area contributed by atoms with Crippen LogP contribution in [0.1, 0.15) is 79.1 Å². The van der Waals surface area contributed by atoms with E-state index in [2.05, 4.69) is 33.8 Å². The molecule has 3 aliphatic rings. The quantitative estimate of drug-likeness (QED) is 0.457. The van der Waals surface area contributed by atoms with E-state index in [1.54, 1.807) is 0 Å². The van der Waals surface area contributed by atoms with Gasteiger partial charge in [0.1, 0.15) is 6.29 Å². The topological polar surface area (TPSA) is 17.1 Å². The molecule has 0 aromatic heterocycles. The minimum absolute atomic E-state index is 0.245. The Labute approximate surface area is 130 Å². The number of hydrogen-bond acceptors (Lipinski definition) is 1. The van der Waals surface area contributed by atoms with Gasteiger partial charge in [-0.2, -0.15) is 0 Å². The number of carbonyl (C=O) groups excluding carboxylic acids is 1. The van der Waals surface area contributed by atoms with Crippen molar-refractivity contribution < 1.29 is 4.79 Å². The van der Waals surface area contributed by atoms with Crippen molar-refractivity contribution in [2.45, 2.75) is 79.1 Å². The van der Waals surface area contributed by atoms with Crippen molar-refractivity contribution >= 4 is 6.29 Å². The molecule has 0 saturated heterocycles. The SMILES string of the molecule is CC1=CC[C@]2(CC1)[C@H](C=O)CC[C@H]1C(C)(C)CCC[C@@]12C. The van der Waals surface area contributed by atoms with Gasteiger partial charge >= 0.3 is 0 Å². The Hall–Kier alpha value is -0.590. The number of allylic oxidation sites excluding steroid dienone is 2. The third kappa shape index (κ3) is 2.06. The van der Waals surface area contributed by atoms with Gasteiger partial charge in [-0.1, -0.05) is 38.8 Å². The molecule has 3 aliphatic carbocycles. The molecule has 21 heavy (non-hydrogen) atoms. The maximum Gasteiger partial charge on any atom is 0.123 e. The number of hydrogen-bond donors (Lipinski definition) is 0. The first-order chi connectivity index (χ1) is 9.86. The molecule has 1 heteroatoms. The molecule has 3 rings (SSSR count). The maximum atomic E-state index is 11.9. The molecule has 0 unspecified atom stereocenters. The van der Waals surface area contributed by atoms with Gasteiger partial charge in [0.25, 0.3) is 0 Å². The van der Waals surface area contributed by atoms with Gasteiger partial charge in [-0.15, -0.1) is 0 Å². The lowest BCUT2D eigenvalue weighted by molar-refractivity contribution is -0.167. The van der Waals surface area contributed by atoms with E-state index in [-0.39, 0.29) is 11.3 Å². The third-order valence-corrected chi connectivity index (χ3v) is 7.79. The molecule has 0 bridgehead atoms. The summed E-state index contributed by atoms with van der Waals surface area (Å²) in [5.41, 5.74) is 2.58. The zero-order valence-corrected chi connectivity index (χ0v) is 14.4. The van der Waals surface area contributed by atoms with E-state index in [0.29, 0.717) is 10.8 Å². The summed E-state index contributed by atoms with van der Waals surface area (Å²) in [4.78, 5) is 11.9. The molecular weight excluding hydrogens is 256 g/mol. The van der Waals surface area contributed by atoms with Crippen LogP contribution < -0.4 is 0 Å². The van der Waals surface area contributed by atoms with Crippen LogP contribution in [0.25, 0.3) is 0 Å². The van der Waals surface area contributed by atoms with Crippen LogP contribution in [-0.2, 0) is 4.79 Å². The van der Waals surface area contributed by atoms with E-state index in [1.807, 2.05) is 0 Å². The highest BCUT2D eigenvalue weighted by Gasteiger charge is 2.62. The van der Waals surface area contributed by atoms with E-state index in [1.165, 1.54) is 50.4 Å². The molecule has 1 spiro atoms. The van der Waals surface area contributed by atoms with Gasteiger partial charge in [0.05, 0.1) is 0 Å². The second-order valence-electron chi connectivity index (χ2n) is 9.04. The summed E-state index contributed by atoms with van der Waals surface area (Å²) in [6.07, 6.45) is 13.8. The van der Waals surface area contributed by atoms with Crippen LogP contribution in [-0.4, -0.2) is 6.29 Å². The van der Waals surface area contributed by atoms with E-state index >= 15 is 0 Å². The van der Waals surface area contributed by atoms with Gasteiger partial charge in [-0.25, -0.2) is 0 Å².